The molecule has 2 atom stereocenters. The van der Waals surface area contributed by atoms with Crippen molar-refractivity contribution in [2.45, 2.75) is 45.7 Å². The molecule has 3 N–H and O–H groups in total. The van der Waals surface area contributed by atoms with Gasteiger partial charge in [0, 0.05) is 18.6 Å². The Bertz CT molecular complexity index is 253. The number of hydrogen-bond acceptors (Lipinski definition) is 3. The lowest BCUT2D eigenvalue weighted by molar-refractivity contribution is -0.125. The summed E-state index contributed by atoms with van der Waals surface area (Å²) in [6, 6.07) is 1.13. The fourth-order valence-electron chi connectivity index (χ4n) is 1.96. The molecule has 1 saturated heterocycles. The van der Waals surface area contributed by atoms with Crippen molar-refractivity contribution in [3.8, 4) is 0 Å². The normalized spacial score (nSPS) is 28.0. The predicted molar refractivity (Wildman–Crippen MR) is 66.1 cm³/mol. The van der Waals surface area contributed by atoms with Gasteiger partial charge in [0.25, 0.3) is 0 Å². The molecule has 0 aliphatic carbocycles. The van der Waals surface area contributed by atoms with Gasteiger partial charge in [-0.15, -0.1) is 0 Å². The average molecular weight is 227 g/mol. The van der Waals surface area contributed by atoms with Crippen LogP contribution in [-0.2, 0) is 4.79 Å². The van der Waals surface area contributed by atoms with E-state index in [2.05, 4.69) is 24.2 Å². The zero-order valence-corrected chi connectivity index (χ0v) is 10.9. The number of nitrogens with zero attached hydrogens (tertiary/aromatic N) is 1. The third-order valence-corrected chi connectivity index (χ3v) is 3.71. The minimum atomic E-state index is -0.452. The van der Waals surface area contributed by atoms with Crippen molar-refractivity contribution in [2.24, 2.45) is 11.1 Å². The van der Waals surface area contributed by atoms with E-state index in [0.29, 0.717) is 18.6 Å². The van der Waals surface area contributed by atoms with Crippen LogP contribution in [-0.4, -0.2) is 43.0 Å². The zero-order chi connectivity index (χ0) is 12.3. The second-order valence-corrected chi connectivity index (χ2v) is 5.68. The SMILES string of the molecule is CC1CC(NCC(C)(C)C(N)=O)CCN1C. The van der Waals surface area contributed by atoms with Gasteiger partial charge in [-0.2, -0.15) is 0 Å². The highest BCUT2D eigenvalue weighted by atomic mass is 16.1. The molecule has 0 spiro atoms. The van der Waals surface area contributed by atoms with Gasteiger partial charge < -0.3 is 16.0 Å². The van der Waals surface area contributed by atoms with Gasteiger partial charge in [-0.3, -0.25) is 4.79 Å². The highest BCUT2D eigenvalue weighted by molar-refractivity contribution is 5.80. The minimum Gasteiger partial charge on any atom is -0.369 e. The molecule has 1 heterocycles. The van der Waals surface area contributed by atoms with Crippen LogP contribution in [0.1, 0.15) is 33.6 Å². The van der Waals surface area contributed by atoms with E-state index >= 15 is 0 Å². The smallest absolute Gasteiger partial charge is 0.224 e. The van der Waals surface area contributed by atoms with Gasteiger partial charge in [0.15, 0.2) is 0 Å². The number of piperidine rings is 1. The van der Waals surface area contributed by atoms with Crippen molar-refractivity contribution >= 4 is 5.91 Å². The Balaban J connectivity index is 2.36. The second kappa shape index (κ2) is 5.15. The Morgan fingerprint density at radius 1 is 1.56 bits per heavy atom. The van der Waals surface area contributed by atoms with E-state index in [1.807, 2.05) is 13.8 Å². The van der Waals surface area contributed by atoms with Crippen LogP contribution in [0, 0.1) is 5.41 Å². The van der Waals surface area contributed by atoms with E-state index < -0.39 is 5.41 Å². The van der Waals surface area contributed by atoms with Crippen LogP contribution < -0.4 is 11.1 Å². The minimum absolute atomic E-state index is 0.235. The van der Waals surface area contributed by atoms with Crippen LogP contribution in [0.4, 0.5) is 0 Å². The third-order valence-electron chi connectivity index (χ3n) is 3.71. The quantitative estimate of drug-likeness (QED) is 0.738. The van der Waals surface area contributed by atoms with Gasteiger partial charge >= 0.3 is 0 Å². The molecular weight excluding hydrogens is 202 g/mol. The third kappa shape index (κ3) is 3.46. The Kier molecular flexibility index (Phi) is 4.33. The van der Waals surface area contributed by atoms with Gasteiger partial charge in [-0.1, -0.05) is 0 Å². The van der Waals surface area contributed by atoms with Crippen LogP contribution in [0.2, 0.25) is 0 Å². The summed E-state index contributed by atoms with van der Waals surface area (Å²) in [7, 11) is 2.16. The molecule has 1 amide bonds. The number of carbonyl (C=O) groups excluding carboxylic acids is 1. The van der Waals surface area contributed by atoms with E-state index in [1.165, 1.54) is 0 Å². The Labute approximate surface area is 98.6 Å². The summed E-state index contributed by atoms with van der Waals surface area (Å²) in [4.78, 5) is 13.6. The molecule has 0 aromatic heterocycles. The van der Waals surface area contributed by atoms with Gasteiger partial charge in [-0.25, -0.2) is 0 Å². The Morgan fingerprint density at radius 2 is 2.19 bits per heavy atom. The Hall–Kier alpha value is -0.610. The maximum Gasteiger partial charge on any atom is 0.224 e. The molecule has 0 radical (unpaired) electrons. The van der Waals surface area contributed by atoms with Crippen molar-refractivity contribution in [3.05, 3.63) is 0 Å². The zero-order valence-electron chi connectivity index (χ0n) is 10.9. The van der Waals surface area contributed by atoms with Gasteiger partial charge in [0.2, 0.25) is 5.91 Å². The lowest BCUT2D eigenvalue weighted by Crippen LogP contribution is -2.49. The van der Waals surface area contributed by atoms with E-state index in [4.69, 9.17) is 5.73 Å². The Morgan fingerprint density at radius 3 is 2.69 bits per heavy atom. The number of carbonyl (C=O) groups is 1. The van der Waals surface area contributed by atoms with Crippen LogP contribution in [0.3, 0.4) is 0 Å². The predicted octanol–water partition coefficient (Wildman–Crippen LogP) is 0.570. The molecule has 1 aliphatic rings. The molecule has 94 valence electrons. The lowest BCUT2D eigenvalue weighted by Gasteiger charge is -2.36. The molecule has 1 fully saturated rings. The summed E-state index contributed by atoms with van der Waals surface area (Å²) in [6.07, 6.45) is 2.29. The van der Waals surface area contributed by atoms with Crippen LogP contribution in [0.15, 0.2) is 0 Å². The highest BCUT2D eigenvalue weighted by Crippen LogP contribution is 2.18. The van der Waals surface area contributed by atoms with Gasteiger partial charge in [-0.05, 0) is 47.2 Å². The van der Waals surface area contributed by atoms with Crippen LogP contribution in [0.25, 0.3) is 0 Å². The monoisotopic (exact) mass is 227 g/mol. The fraction of sp³-hybridized carbons (Fsp3) is 0.917. The topological polar surface area (TPSA) is 58.4 Å². The largest absolute Gasteiger partial charge is 0.369 e. The molecule has 4 nitrogen and oxygen atoms in total. The average Bonchev–Trinajstić information content (AvgIpc) is 2.20. The maximum atomic E-state index is 11.2. The van der Waals surface area contributed by atoms with Crippen molar-refractivity contribution in [3.63, 3.8) is 0 Å². The molecule has 0 bridgehead atoms. The van der Waals surface area contributed by atoms with E-state index in [1.54, 1.807) is 0 Å². The van der Waals surface area contributed by atoms with E-state index in [-0.39, 0.29) is 5.91 Å². The number of amides is 1. The van der Waals surface area contributed by atoms with Crippen molar-refractivity contribution in [2.75, 3.05) is 20.1 Å². The maximum absolute atomic E-state index is 11.2. The summed E-state index contributed by atoms with van der Waals surface area (Å²) < 4.78 is 0. The molecule has 2 unspecified atom stereocenters. The molecule has 0 aromatic rings. The molecule has 4 heteroatoms. The molecule has 1 rings (SSSR count). The molecule has 16 heavy (non-hydrogen) atoms. The number of nitrogens with two attached hydrogens (primary N) is 1. The first-order valence-corrected chi connectivity index (χ1v) is 6.06. The summed E-state index contributed by atoms with van der Waals surface area (Å²) in [6.45, 7) is 7.81. The van der Waals surface area contributed by atoms with Crippen molar-refractivity contribution < 1.29 is 4.79 Å². The van der Waals surface area contributed by atoms with Crippen molar-refractivity contribution in [1.82, 2.24) is 10.2 Å². The van der Waals surface area contributed by atoms with Gasteiger partial charge in [0.05, 0.1) is 5.41 Å². The van der Waals surface area contributed by atoms with Crippen LogP contribution >= 0.6 is 0 Å². The lowest BCUT2D eigenvalue weighted by atomic mass is 9.91. The van der Waals surface area contributed by atoms with Crippen LogP contribution in [0.5, 0.6) is 0 Å². The number of primary amides is 1. The fourth-order valence-corrected chi connectivity index (χ4v) is 1.96. The van der Waals surface area contributed by atoms with Gasteiger partial charge in [0.1, 0.15) is 0 Å². The highest BCUT2D eigenvalue weighted by Gasteiger charge is 2.28. The van der Waals surface area contributed by atoms with E-state index in [9.17, 15) is 4.79 Å². The summed E-state index contributed by atoms with van der Waals surface area (Å²) in [5.41, 5.74) is 4.90. The molecule has 0 aromatic carbocycles. The van der Waals surface area contributed by atoms with Crippen molar-refractivity contribution in [1.29, 1.82) is 0 Å². The number of hydrogen-bond donors (Lipinski definition) is 2. The summed E-state index contributed by atoms with van der Waals surface area (Å²) in [5.74, 6) is -0.235. The number of rotatable bonds is 4. The second-order valence-electron chi connectivity index (χ2n) is 5.68. The number of likely N-dealkylation sites (tertiary alicyclic amines) is 1. The summed E-state index contributed by atoms with van der Waals surface area (Å²) >= 11 is 0. The first kappa shape index (κ1) is 13.5. The molecule has 0 saturated carbocycles. The molecule has 1 aliphatic heterocycles. The first-order chi connectivity index (χ1) is 7.33. The molecular formula is C12H25N3O. The number of nitrogens with one attached hydrogen (secondary N) is 1. The summed E-state index contributed by atoms with van der Waals surface area (Å²) in [5, 5.41) is 3.47. The first-order valence-electron chi connectivity index (χ1n) is 6.06. The van der Waals surface area contributed by atoms with E-state index in [0.717, 1.165) is 19.4 Å². The standard InChI is InChI=1S/C12H25N3O/c1-9-7-10(5-6-15(9)4)14-8-12(2,3)11(13)16/h9-10,14H,5-8H2,1-4H3,(H2,13,16).